The van der Waals surface area contributed by atoms with Gasteiger partial charge in [-0.05, 0) is 25.3 Å². The largest absolute Gasteiger partial charge is 0.388 e. The number of rotatable bonds is 9. The van der Waals surface area contributed by atoms with E-state index in [1.807, 2.05) is 13.0 Å². The van der Waals surface area contributed by atoms with Gasteiger partial charge in [0, 0.05) is 24.3 Å². The van der Waals surface area contributed by atoms with Gasteiger partial charge in [-0.2, -0.15) is 0 Å². The molecule has 1 aromatic carbocycles. The Labute approximate surface area is 118 Å². The lowest BCUT2D eigenvalue weighted by Gasteiger charge is -2.28. The average molecular weight is 263 g/mol. The SMILES string of the molecule is CCCCN(CCCC)c1ccccc1C(O)CC. The van der Waals surface area contributed by atoms with E-state index in [0.717, 1.165) is 25.1 Å². The van der Waals surface area contributed by atoms with Crippen molar-refractivity contribution >= 4 is 5.69 Å². The maximum Gasteiger partial charge on any atom is 0.0807 e. The minimum Gasteiger partial charge on any atom is -0.388 e. The molecule has 0 amide bonds. The molecule has 0 aliphatic rings. The molecule has 0 bridgehead atoms. The lowest BCUT2D eigenvalue weighted by molar-refractivity contribution is 0.174. The highest BCUT2D eigenvalue weighted by molar-refractivity contribution is 5.54. The van der Waals surface area contributed by atoms with Gasteiger partial charge in [-0.25, -0.2) is 0 Å². The molecule has 0 aliphatic heterocycles. The summed E-state index contributed by atoms with van der Waals surface area (Å²) in [7, 11) is 0. The molecule has 1 atom stereocenters. The summed E-state index contributed by atoms with van der Waals surface area (Å²) in [6, 6.07) is 8.32. The van der Waals surface area contributed by atoms with Crippen LogP contribution in [0.25, 0.3) is 0 Å². The fraction of sp³-hybridized carbons (Fsp3) is 0.647. The van der Waals surface area contributed by atoms with Crippen LogP contribution in [0.2, 0.25) is 0 Å². The number of unbranched alkanes of at least 4 members (excludes halogenated alkanes) is 2. The molecule has 0 saturated heterocycles. The van der Waals surface area contributed by atoms with Crippen molar-refractivity contribution in [1.82, 2.24) is 0 Å². The zero-order chi connectivity index (χ0) is 14.1. The maximum atomic E-state index is 10.2. The van der Waals surface area contributed by atoms with Gasteiger partial charge in [0.25, 0.3) is 0 Å². The molecule has 0 aromatic heterocycles. The number of aliphatic hydroxyl groups excluding tert-OH is 1. The van der Waals surface area contributed by atoms with Gasteiger partial charge in [0.2, 0.25) is 0 Å². The first-order valence-corrected chi connectivity index (χ1v) is 7.76. The second kappa shape index (κ2) is 8.98. The molecular weight excluding hydrogens is 234 g/mol. The van der Waals surface area contributed by atoms with Gasteiger partial charge in [0.1, 0.15) is 0 Å². The van der Waals surface area contributed by atoms with E-state index >= 15 is 0 Å². The van der Waals surface area contributed by atoms with Crippen molar-refractivity contribution in [2.24, 2.45) is 0 Å². The van der Waals surface area contributed by atoms with Gasteiger partial charge in [-0.3, -0.25) is 0 Å². The second-order valence-corrected chi connectivity index (χ2v) is 5.18. The summed E-state index contributed by atoms with van der Waals surface area (Å²) in [6.45, 7) is 8.66. The van der Waals surface area contributed by atoms with Crippen LogP contribution in [0.1, 0.15) is 64.5 Å². The first kappa shape index (κ1) is 16.0. The molecular formula is C17H29NO. The third-order valence-electron chi connectivity index (χ3n) is 3.59. The number of aliphatic hydroxyl groups is 1. The summed E-state index contributed by atoms with van der Waals surface area (Å²) >= 11 is 0. The van der Waals surface area contributed by atoms with Crippen LogP contribution < -0.4 is 4.90 Å². The van der Waals surface area contributed by atoms with Crippen LogP contribution in [-0.2, 0) is 0 Å². The number of benzene rings is 1. The Balaban J connectivity index is 2.92. The van der Waals surface area contributed by atoms with Crippen LogP contribution >= 0.6 is 0 Å². The van der Waals surface area contributed by atoms with E-state index in [-0.39, 0.29) is 6.10 Å². The van der Waals surface area contributed by atoms with E-state index < -0.39 is 0 Å². The van der Waals surface area contributed by atoms with Gasteiger partial charge in [0.15, 0.2) is 0 Å². The van der Waals surface area contributed by atoms with Crippen molar-refractivity contribution in [1.29, 1.82) is 0 Å². The van der Waals surface area contributed by atoms with Crippen molar-refractivity contribution in [2.45, 2.75) is 59.0 Å². The fourth-order valence-corrected chi connectivity index (χ4v) is 2.33. The van der Waals surface area contributed by atoms with E-state index in [1.165, 1.54) is 31.4 Å². The molecule has 1 unspecified atom stereocenters. The van der Waals surface area contributed by atoms with Crippen molar-refractivity contribution in [3.05, 3.63) is 29.8 Å². The number of anilines is 1. The average Bonchev–Trinajstić information content (AvgIpc) is 2.47. The topological polar surface area (TPSA) is 23.5 Å². The predicted octanol–water partition coefficient (Wildman–Crippen LogP) is 4.54. The van der Waals surface area contributed by atoms with Crippen LogP contribution in [0.15, 0.2) is 24.3 Å². The summed E-state index contributed by atoms with van der Waals surface area (Å²) in [5.74, 6) is 0. The van der Waals surface area contributed by atoms with Gasteiger partial charge >= 0.3 is 0 Å². The highest BCUT2D eigenvalue weighted by atomic mass is 16.3. The molecule has 2 nitrogen and oxygen atoms in total. The molecule has 0 saturated carbocycles. The summed E-state index contributed by atoms with van der Waals surface area (Å²) in [5, 5.41) is 10.2. The predicted molar refractivity (Wildman–Crippen MR) is 83.7 cm³/mol. The Kier molecular flexibility index (Phi) is 7.57. The third kappa shape index (κ3) is 4.87. The standard InChI is InChI=1S/C17H29NO/c1-4-7-13-18(14-8-5-2)16-12-10-9-11-15(16)17(19)6-3/h9-12,17,19H,4-8,13-14H2,1-3H3. The van der Waals surface area contributed by atoms with Gasteiger partial charge in [-0.1, -0.05) is 51.8 Å². The summed E-state index contributed by atoms with van der Waals surface area (Å²) in [5.41, 5.74) is 2.30. The quantitative estimate of drug-likeness (QED) is 0.707. The van der Waals surface area contributed by atoms with Gasteiger partial charge in [0.05, 0.1) is 6.10 Å². The van der Waals surface area contributed by atoms with Crippen molar-refractivity contribution < 1.29 is 5.11 Å². The monoisotopic (exact) mass is 263 g/mol. The molecule has 1 N–H and O–H groups in total. The van der Waals surface area contributed by atoms with Crippen LogP contribution in [0.3, 0.4) is 0 Å². The van der Waals surface area contributed by atoms with Crippen molar-refractivity contribution in [3.8, 4) is 0 Å². The Morgan fingerprint density at radius 3 is 2.11 bits per heavy atom. The van der Waals surface area contributed by atoms with E-state index in [9.17, 15) is 5.11 Å². The zero-order valence-corrected chi connectivity index (χ0v) is 12.7. The first-order valence-electron chi connectivity index (χ1n) is 7.76. The number of hydrogen-bond donors (Lipinski definition) is 1. The number of nitrogens with zero attached hydrogens (tertiary/aromatic N) is 1. The highest BCUT2D eigenvalue weighted by Gasteiger charge is 2.14. The molecule has 108 valence electrons. The third-order valence-corrected chi connectivity index (χ3v) is 3.59. The highest BCUT2D eigenvalue weighted by Crippen LogP contribution is 2.28. The molecule has 0 radical (unpaired) electrons. The molecule has 0 heterocycles. The lowest BCUT2D eigenvalue weighted by Crippen LogP contribution is -2.27. The summed E-state index contributed by atoms with van der Waals surface area (Å²) < 4.78 is 0. The molecule has 0 aliphatic carbocycles. The molecule has 1 aromatic rings. The fourth-order valence-electron chi connectivity index (χ4n) is 2.33. The van der Waals surface area contributed by atoms with E-state index in [0.29, 0.717) is 0 Å². The van der Waals surface area contributed by atoms with Crippen molar-refractivity contribution in [2.75, 3.05) is 18.0 Å². The Bertz CT molecular complexity index is 343. The minimum atomic E-state index is -0.345. The summed E-state index contributed by atoms with van der Waals surface area (Å²) in [6.07, 6.45) is 5.26. The van der Waals surface area contributed by atoms with E-state index in [2.05, 4.69) is 36.9 Å². The Morgan fingerprint density at radius 1 is 1.00 bits per heavy atom. The smallest absolute Gasteiger partial charge is 0.0807 e. The molecule has 0 spiro atoms. The van der Waals surface area contributed by atoms with Crippen molar-refractivity contribution in [3.63, 3.8) is 0 Å². The Hall–Kier alpha value is -1.02. The molecule has 2 heteroatoms. The first-order chi connectivity index (χ1) is 9.24. The van der Waals surface area contributed by atoms with Crippen LogP contribution in [0, 0.1) is 0 Å². The molecule has 1 rings (SSSR count). The summed E-state index contributed by atoms with van der Waals surface area (Å²) in [4.78, 5) is 2.45. The van der Waals surface area contributed by atoms with Gasteiger partial charge in [-0.15, -0.1) is 0 Å². The second-order valence-electron chi connectivity index (χ2n) is 5.18. The number of hydrogen-bond acceptors (Lipinski definition) is 2. The van der Waals surface area contributed by atoms with Crippen LogP contribution in [-0.4, -0.2) is 18.2 Å². The zero-order valence-electron chi connectivity index (χ0n) is 12.7. The Morgan fingerprint density at radius 2 is 1.58 bits per heavy atom. The number of para-hydroxylation sites is 1. The molecule has 19 heavy (non-hydrogen) atoms. The molecule has 0 fully saturated rings. The maximum absolute atomic E-state index is 10.2. The van der Waals surface area contributed by atoms with E-state index in [4.69, 9.17) is 0 Å². The normalized spacial score (nSPS) is 12.4. The minimum absolute atomic E-state index is 0.345. The lowest BCUT2D eigenvalue weighted by atomic mass is 10.0. The van der Waals surface area contributed by atoms with Gasteiger partial charge < -0.3 is 10.0 Å². The van der Waals surface area contributed by atoms with Crippen LogP contribution in [0.5, 0.6) is 0 Å². The van der Waals surface area contributed by atoms with E-state index in [1.54, 1.807) is 0 Å². The van der Waals surface area contributed by atoms with Crippen LogP contribution in [0.4, 0.5) is 5.69 Å².